The molecule has 0 unspecified atom stereocenters. The van der Waals surface area contributed by atoms with E-state index in [1.54, 1.807) is 0 Å². The topological polar surface area (TPSA) is 78.9 Å². The molecule has 3 aromatic carbocycles. The fourth-order valence-electron chi connectivity index (χ4n) is 3.46. The van der Waals surface area contributed by atoms with Gasteiger partial charge in [-0.2, -0.15) is 0 Å². The first-order valence-electron chi connectivity index (χ1n) is 10.9. The minimum Gasteiger partial charge on any atom is -0.368 e. The number of benzene rings is 3. The second-order valence-electron chi connectivity index (χ2n) is 7.98. The Hall–Kier alpha value is -3.64. The van der Waals surface area contributed by atoms with Crippen molar-refractivity contribution in [2.24, 2.45) is 0 Å². The quantitative estimate of drug-likeness (QED) is 0.283. The molecule has 1 heterocycles. The molecule has 0 aliphatic rings. The molecule has 33 heavy (non-hydrogen) atoms. The lowest BCUT2D eigenvalue weighted by Crippen LogP contribution is -2.32. The van der Waals surface area contributed by atoms with Crippen LogP contribution in [0.25, 0.3) is 22.3 Å². The molecule has 4 rings (SSSR count). The summed E-state index contributed by atoms with van der Waals surface area (Å²) in [5.74, 6) is 1.70. The number of anilines is 2. The SMILES string of the molecule is CC(C)c1ccc(NC(=O)NCCNc2nc(-c3ccccc3Cl)nc3ccccc23)cc1. The number of halogens is 1. The van der Waals surface area contributed by atoms with Crippen LogP contribution >= 0.6 is 11.6 Å². The van der Waals surface area contributed by atoms with E-state index in [0.29, 0.717) is 35.7 Å². The number of rotatable bonds is 7. The molecule has 0 spiro atoms. The fraction of sp³-hybridized carbons (Fsp3) is 0.192. The summed E-state index contributed by atoms with van der Waals surface area (Å²) >= 11 is 6.36. The van der Waals surface area contributed by atoms with Crippen molar-refractivity contribution in [3.05, 3.63) is 83.4 Å². The van der Waals surface area contributed by atoms with Crippen LogP contribution in [0.3, 0.4) is 0 Å². The van der Waals surface area contributed by atoms with E-state index in [1.165, 1.54) is 5.56 Å². The number of hydrogen-bond acceptors (Lipinski definition) is 4. The number of urea groups is 1. The van der Waals surface area contributed by atoms with E-state index in [9.17, 15) is 4.79 Å². The highest BCUT2D eigenvalue weighted by Gasteiger charge is 2.11. The molecule has 4 aromatic rings. The molecule has 2 amide bonds. The van der Waals surface area contributed by atoms with Crippen LogP contribution in [-0.4, -0.2) is 29.1 Å². The molecule has 7 heteroatoms. The molecule has 0 saturated heterocycles. The Morgan fingerprint density at radius 2 is 1.64 bits per heavy atom. The molecule has 168 valence electrons. The number of aromatic nitrogens is 2. The molecule has 3 N–H and O–H groups in total. The number of carbonyl (C=O) groups is 1. The molecular weight excluding hydrogens is 434 g/mol. The van der Waals surface area contributed by atoms with Gasteiger partial charge in [0.1, 0.15) is 5.82 Å². The van der Waals surface area contributed by atoms with Crippen molar-refractivity contribution < 1.29 is 4.79 Å². The molecule has 0 aliphatic heterocycles. The Balaban J connectivity index is 1.40. The standard InChI is InChI=1S/C26H26ClN5O/c1-17(2)18-11-13-19(14-12-18)30-26(33)29-16-15-28-24-21-8-4-6-10-23(21)31-25(32-24)20-7-3-5-9-22(20)27/h3-14,17H,15-16H2,1-2H3,(H,28,31,32)(H2,29,30,33). The highest BCUT2D eigenvalue weighted by Crippen LogP contribution is 2.29. The van der Waals surface area contributed by atoms with Crippen LogP contribution in [0.1, 0.15) is 25.3 Å². The van der Waals surface area contributed by atoms with Crippen LogP contribution in [0.15, 0.2) is 72.8 Å². The number of para-hydroxylation sites is 1. The van der Waals surface area contributed by atoms with E-state index in [4.69, 9.17) is 16.6 Å². The van der Waals surface area contributed by atoms with Gasteiger partial charge in [0.15, 0.2) is 5.82 Å². The number of fused-ring (bicyclic) bond motifs is 1. The van der Waals surface area contributed by atoms with Gasteiger partial charge in [-0.05, 0) is 47.9 Å². The van der Waals surface area contributed by atoms with Gasteiger partial charge in [-0.1, -0.05) is 61.8 Å². The van der Waals surface area contributed by atoms with E-state index in [1.807, 2.05) is 72.8 Å². The summed E-state index contributed by atoms with van der Waals surface area (Å²) in [6, 6.07) is 22.9. The minimum absolute atomic E-state index is 0.251. The van der Waals surface area contributed by atoms with Crippen LogP contribution < -0.4 is 16.0 Å². The van der Waals surface area contributed by atoms with Crippen LogP contribution in [0.4, 0.5) is 16.3 Å². The fourth-order valence-corrected chi connectivity index (χ4v) is 3.68. The van der Waals surface area contributed by atoms with E-state index < -0.39 is 0 Å². The van der Waals surface area contributed by atoms with E-state index in [-0.39, 0.29) is 6.03 Å². The van der Waals surface area contributed by atoms with Gasteiger partial charge in [-0.15, -0.1) is 0 Å². The summed E-state index contributed by atoms with van der Waals surface area (Å²) in [6.45, 7) is 5.21. The summed E-state index contributed by atoms with van der Waals surface area (Å²) < 4.78 is 0. The first kappa shape index (κ1) is 22.6. The highest BCUT2D eigenvalue weighted by atomic mass is 35.5. The third-order valence-electron chi connectivity index (χ3n) is 5.26. The molecule has 6 nitrogen and oxygen atoms in total. The Morgan fingerprint density at radius 1 is 0.909 bits per heavy atom. The van der Waals surface area contributed by atoms with E-state index >= 15 is 0 Å². The van der Waals surface area contributed by atoms with Crippen LogP contribution in [0.2, 0.25) is 5.02 Å². The Labute approximate surface area is 198 Å². The molecule has 1 aromatic heterocycles. The van der Waals surface area contributed by atoms with Gasteiger partial charge in [0, 0.05) is 29.7 Å². The van der Waals surface area contributed by atoms with Gasteiger partial charge >= 0.3 is 6.03 Å². The summed E-state index contributed by atoms with van der Waals surface area (Å²) in [5.41, 5.74) is 3.59. The monoisotopic (exact) mass is 459 g/mol. The zero-order chi connectivity index (χ0) is 23.2. The maximum Gasteiger partial charge on any atom is 0.319 e. The number of hydrogen-bond donors (Lipinski definition) is 3. The average Bonchev–Trinajstić information content (AvgIpc) is 2.82. The van der Waals surface area contributed by atoms with Crippen LogP contribution in [0.5, 0.6) is 0 Å². The first-order chi connectivity index (χ1) is 16.0. The number of carbonyl (C=O) groups excluding carboxylic acids is 1. The van der Waals surface area contributed by atoms with Crippen molar-refractivity contribution >= 4 is 40.0 Å². The summed E-state index contributed by atoms with van der Waals surface area (Å²) in [5, 5.41) is 10.5. The van der Waals surface area contributed by atoms with Gasteiger partial charge in [-0.25, -0.2) is 14.8 Å². The summed E-state index contributed by atoms with van der Waals surface area (Å²) in [6.07, 6.45) is 0. The third kappa shape index (κ3) is 5.59. The van der Waals surface area contributed by atoms with Gasteiger partial charge in [0.05, 0.1) is 10.5 Å². The van der Waals surface area contributed by atoms with E-state index in [2.05, 4.69) is 34.8 Å². The molecule has 0 bridgehead atoms. The molecular formula is C26H26ClN5O. The van der Waals surface area contributed by atoms with E-state index in [0.717, 1.165) is 22.2 Å². The van der Waals surface area contributed by atoms with Crippen molar-refractivity contribution in [1.82, 2.24) is 15.3 Å². The molecule has 0 saturated carbocycles. The third-order valence-corrected chi connectivity index (χ3v) is 5.59. The van der Waals surface area contributed by atoms with Crippen molar-refractivity contribution in [3.63, 3.8) is 0 Å². The molecule has 0 atom stereocenters. The maximum atomic E-state index is 12.2. The normalized spacial score (nSPS) is 10.9. The number of nitrogens with zero attached hydrogens (tertiary/aromatic N) is 2. The zero-order valence-electron chi connectivity index (χ0n) is 18.6. The minimum atomic E-state index is -0.251. The van der Waals surface area contributed by atoms with Crippen molar-refractivity contribution in [3.8, 4) is 11.4 Å². The summed E-state index contributed by atoms with van der Waals surface area (Å²) in [4.78, 5) is 21.6. The maximum absolute atomic E-state index is 12.2. The lowest BCUT2D eigenvalue weighted by atomic mass is 10.0. The lowest BCUT2D eigenvalue weighted by molar-refractivity contribution is 0.252. The smallest absolute Gasteiger partial charge is 0.319 e. The van der Waals surface area contributed by atoms with Crippen molar-refractivity contribution in [2.45, 2.75) is 19.8 Å². The first-order valence-corrected chi connectivity index (χ1v) is 11.3. The van der Waals surface area contributed by atoms with Gasteiger partial charge in [-0.3, -0.25) is 0 Å². The van der Waals surface area contributed by atoms with Crippen molar-refractivity contribution in [2.75, 3.05) is 23.7 Å². The van der Waals surface area contributed by atoms with Crippen molar-refractivity contribution in [1.29, 1.82) is 0 Å². The van der Waals surface area contributed by atoms with Gasteiger partial charge in [0.2, 0.25) is 0 Å². The Kier molecular flexibility index (Phi) is 7.05. The molecule has 0 aliphatic carbocycles. The lowest BCUT2D eigenvalue weighted by Gasteiger charge is -2.13. The highest BCUT2D eigenvalue weighted by molar-refractivity contribution is 6.33. The second kappa shape index (κ2) is 10.3. The van der Waals surface area contributed by atoms with Gasteiger partial charge < -0.3 is 16.0 Å². The second-order valence-corrected chi connectivity index (χ2v) is 8.38. The Bertz CT molecular complexity index is 1260. The average molecular weight is 460 g/mol. The Morgan fingerprint density at radius 3 is 2.39 bits per heavy atom. The van der Waals surface area contributed by atoms with Crippen LogP contribution in [0, 0.1) is 0 Å². The predicted molar refractivity (Wildman–Crippen MR) is 136 cm³/mol. The largest absolute Gasteiger partial charge is 0.368 e. The van der Waals surface area contributed by atoms with Gasteiger partial charge in [0.25, 0.3) is 0 Å². The molecule has 0 fully saturated rings. The predicted octanol–water partition coefficient (Wildman–Crippen LogP) is 6.31. The number of nitrogens with one attached hydrogen (secondary N) is 3. The zero-order valence-corrected chi connectivity index (χ0v) is 19.4. The number of amides is 2. The summed E-state index contributed by atoms with van der Waals surface area (Å²) in [7, 11) is 0. The molecule has 0 radical (unpaired) electrons. The van der Waals surface area contributed by atoms with Crippen LogP contribution in [-0.2, 0) is 0 Å².